The van der Waals surface area contributed by atoms with E-state index in [2.05, 4.69) is 51.0 Å². The van der Waals surface area contributed by atoms with E-state index in [1.165, 1.54) is 42.9 Å². The van der Waals surface area contributed by atoms with E-state index in [0.717, 1.165) is 19.6 Å². The topological polar surface area (TPSA) is 33.1 Å². The number of hydrogen-bond donors (Lipinski definition) is 1. The number of nitrogens with one attached hydrogen (secondary N) is 1. The van der Waals surface area contributed by atoms with E-state index in [0.29, 0.717) is 0 Å². The van der Waals surface area contributed by atoms with E-state index >= 15 is 0 Å². The molecule has 1 fully saturated rings. The molecule has 0 atom stereocenters. The second-order valence-corrected chi connectivity index (χ2v) is 5.73. The molecule has 1 N–H and O–H groups in total. The minimum Gasteiger partial charge on any atom is -0.331 e. The van der Waals surface area contributed by atoms with E-state index in [-0.39, 0.29) is 0 Å². The molecular weight excluding hydrogens is 260 g/mol. The normalized spacial score (nSPS) is 16.2. The van der Waals surface area contributed by atoms with Gasteiger partial charge in [-0.1, -0.05) is 24.3 Å². The molecule has 3 rings (SSSR count). The molecule has 1 aliphatic heterocycles. The second-order valence-electron chi connectivity index (χ2n) is 5.73. The molecule has 0 unspecified atom stereocenters. The minimum absolute atomic E-state index is 1.04. The number of rotatable bonds is 5. The zero-order valence-electron chi connectivity index (χ0n) is 12.8. The van der Waals surface area contributed by atoms with Gasteiger partial charge in [0.2, 0.25) is 0 Å². The van der Waals surface area contributed by atoms with E-state index < -0.39 is 0 Å². The van der Waals surface area contributed by atoms with Gasteiger partial charge in [0.15, 0.2) is 0 Å². The van der Waals surface area contributed by atoms with Gasteiger partial charge < -0.3 is 14.8 Å². The Labute approximate surface area is 126 Å². The first-order valence-electron chi connectivity index (χ1n) is 7.84. The summed E-state index contributed by atoms with van der Waals surface area (Å²) in [6.07, 6.45) is 5.11. The van der Waals surface area contributed by atoms with Gasteiger partial charge in [0.05, 0.1) is 18.2 Å². The highest BCUT2D eigenvalue weighted by Crippen LogP contribution is 2.22. The molecule has 0 aliphatic carbocycles. The van der Waals surface area contributed by atoms with Crippen LogP contribution in [0, 0.1) is 6.92 Å². The summed E-state index contributed by atoms with van der Waals surface area (Å²) < 4.78 is 2.28. The highest BCUT2D eigenvalue weighted by Gasteiger charge is 2.10. The molecule has 21 heavy (non-hydrogen) atoms. The summed E-state index contributed by atoms with van der Waals surface area (Å²) in [5, 5.41) is 3.40. The lowest BCUT2D eigenvalue weighted by molar-refractivity contribution is 0.235. The number of hydrogen-bond acceptors (Lipinski definition) is 3. The first kappa shape index (κ1) is 14.3. The van der Waals surface area contributed by atoms with Crippen LogP contribution in [0.25, 0.3) is 11.3 Å². The third-order valence-electron chi connectivity index (χ3n) is 4.22. The smallest absolute Gasteiger partial charge is 0.0950 e. The van der Waals surface area contributed by atoms with Crippen LogP contribution in [0.3, 0.4) is 0 Å². The first-order chi connectivity index (χ1) is 10.3. The molecule has 2 heterocycles. The molecule has 0 saturated carbocycles. The number of aryl methyl sites for hydroxylation is 2. The first-order valence-corrected chi connectivity index (χ1v) is 7.84. The number of piperazine rings is 1. The van der Waals surface area contributed by atoms with Gasteiger partial charge in [-0.2, -0.15) is 0 Å². The predicted octanol–water partition coefficient (Wildman–Crippen LogP) is 2.15. The Balaban J connectivity index is 1.62. The molecule has 0 spiro atoms. The maximum atomic E-state index is 4.34. The summed E-state index contributed by atoms with van der Waals surface area (Å²) in [5.41, 5.74) is 3.83. The Kier molecular flexibility index (Phi) is 4.68. The summed E-state index contributed by atoms with van der Waals surface area (Å²) in [4.78, 5) is 6.89. The summed E-state index contributed by atoms with van der Waals surface area (Å²) in [5.74, 6) is 0. The molecule has 0 bridgehead atoms. The highest BCUT2D eigenvalue weighted by molar-refractivity contribution is 5.63. The maximum Gasteiger partial charge on any atom is 0.0950 e. The molecule has 1 saturated heterocycles. The van der Waals surface area contributed by atoms with Gasteiger partial charge in [0.25, 0.3) is 0 Å². The van der Waals surface area contributed by atoms with Gasteiger partial charge in [0, 0.05) is 38.3 Å². The minimum atomic E-state index is 1.04. The van der Waals surface area contributed by atoms with Gasteiger partial charge in [0.1, 0.15) is 0 Å². The Bertz CT molecular complexity index is 570. The summed E-state index contributed by atoms with van der Waals surface area (Å²) in [7, 11) is 0. The molecule has 0 radical (unpaired) electrons. The maximum absolute atomic E-state index is 4.34. The fourth-order valence-corrected chi connectivity index (χ4v) is 2.98. The van der Waals surface area contributed by atoms with Crippen LogP contribution in [0.4, 0.5) is 0 Å². The largest absolute Gasteiger partial charge is 0.331 e. The monoisotopic (exact) mass is 284 g/mol. The average Bonchev–Trinajstić information content (AvgIpc) is 2.97. The zero-order valence-corrected chi connectivity index (χ0v) is 12.8. The molecule has 1 aliphatic rings. The Hall–Kier alpha value is -1.65. The van der Waals surface area contributed by atoms with Crippen LogP contribution in [-0.4, -0.2) is 47.2 Å². The molecular formula is C17H24N4. The number of imidazole rings is 1. The number of benzene rings is 1. The Morgan fingerprint density at radius 1 is 1.14 bits per heavy atom. The van der Waals surface area contributed by atoms with E-state index in [1.807, 2.05) is 12.5 Å². The highest BCUT2D eigenvalue weighted by atomic mass is 15.2. The molecule has 1 aromatic carbocycles. The van der Waals surface area contributed by atoms with Gasteiger partial charge in [-0.05, 0) is 25.5 Å². The van der Waals surface area contributed by atoms with Crippen LogP contribution in [-0.2, 0) is 6.54 Å². The summed E-state index contributed by atoms with van der Waals surface area (Å²) >= 11 is 0. The quantitative estimate of drug-likeness (QED) is 0.913. The zero-order chi connectivity index (χ0) is 14.5. The lowest BCUT2D eigenvalue weighted by Gasteiger charge is -2.27. The lowest BCUT2D eigenvalue weighted by atomic mass is 10.1. The van der Waals surface area contributed by atoms with Crippen molar-refractivity contribution in [3.05, 3.63) is 42.4 Å². The molecule has 0 amide bonds. The van der Waals surface area contributed by atoms with Crippen molar-refractivity contribution < 1.29 is 0 Å². The van der Waals surface area contributed by atoms with Crippen molar-refractivity contribution in [1.82, 2.24) is 19.8 Å². The van der Waals surface area contributed by atoms with Gasteiger partial charge in [-0.25, -0.2) is 4.98 Å². The molecule has 1 aromatic heterocycles. The molecule has 112 valence electrons. The number of nitrogens with zero attached hydrogens (tertiary/aromatic N) is 3. The van der Waals surface area contributed by atoms with Crippen molar-refractivity contribution in [1.29, 1.82) is 0 Å². The Morgan fingerprint density at radius 2 is 1.95 bits per heavy atom. The van der Waals surface area contributed by atoms with Crippen LogP contribution in [0.15, 0.2) is 36.8 Å². The van der Waals surface area contributed by atoms with Crippen LogP contribution < -0.4 is 5.32 Å². The average molecular weight is 284 g/mol. The fourth-order valence-electron chi connectivity index (χ4n) is 2.98. The van der Waals surface area contributed by atoms with Crippen LogP contribution in [0.1, 0.15) is 12.0 Å². The number of aromatic nitrogens is 2. The van der Waals surface area contributed by atoms with Crippen molar-refractivity contribution in [2.75, 3.05) is 32.7 Å². The fraction of sp³-hybridized carbons (Fsp3) is 0.471. The van der Waals surface area contributed by atoms with Crippen LogP contribution >= 0.6 is 0 Å². The van der Waals surface area contributed by atoms with Crippen molar-refractivity contribution in [3.63, 3.8) is 0 Å². The van der Waals surface area contributed by atoms with Crippen molar-refractivity contribution in [3.8, 4) is 11.3 Å². The van der Waals surface area contributed by atoms with Gasteiger partial charge in [-0.3, -0.25) is 0 Å². The van der Waals surface area contributed by atoms with E-state index in [9.17, 15) is 0 Å². The predicted molar refractivity (Wildman–Crippen MR) is 86.3 cm³/mol. The van der Waals surface area contributed by atoms with E-state index in [4.69, 9.17) is 0 Å². The Morgan fingerprint density at radius 3 is 2.76 bits per heavy atom. The van der Waals surface area contributed by atoms with Crippen molar-refractivity contribution >= 4 is 0 Å². The van der Waals surface area contributed by atoms with Gasteiger partial charge in [-0.15, -0.1) is 0 Å². The summed E-state index contributed by atoms with van der Waals surface area (Å²) in [6, 6.07) is 8.52. The third-order valence-corrected chi connectivity index (χ3v) is 4.22. The van der Waals surface area contributed by atoms with Crippen molar-refractivity contribution in [2.24, 2.45) is 0 Å². The van der Waals surface area contributed by atoms with Crippen LogP contribution in [0.2, 0.25) is 0 Å². The standard InChI is InChI=1S/C17H24N4/c1-15-5-2-3-6-16(15)17-13-19-14-21(17)10-4-9-20-11-7-18-8-12-20/h2-3,5-6,13-14,18H,4,7-12H2,1H3. The summed E-state index contributed by atoms with van der Waals surface area (Å²) in [6.45, 7) is 8.97. The van der Waals surface area contributed by atoms with Crippen LogP contribution in [0.5, 0.6) is 0 Å². The van der Waals surface area contributed by atoms with Gasteiger partial charge >= 0.3 is 0 Å². The third kappa shape index (κ3) is 3.52. The second kappa shape index (κ2) is 6.87. The van der Waals surface area contributed by atoms with Crippen molar-refractivity contribution in [2.45, 2.75) is 19.9 Å². The van der Waals surface area contributed by atoms with E-state index in [1.54, 1.807) is 0 Å². The molecule has 4 nitrogen and oxygen atoms in total. The lowest BCUT2D eigenvalue weighted by Crippen LogP contribution is -2.43. The molecule has 4 heteroatoms. The SMILES string of the molecule is Cc1ccccc1-c1cncn1CCCN1CCNCC1. The molecule has 2 aromatic rings.